The molecule has 1 aromatic heterocycles. The first-order chi connectivity index (χ1) is 10.7. The second kappa shape index (κ2) is 6.13. The van der Waals surface area contributed by atoms with Gasteiger partial charge in [-0.25, -0.2) is 9.78 Å². The van der Waals surface area contributed by atoms with E-state index in [9.17, 15) is 4.79 Å². The van der Waals surface area contributed by atoms with Gasteiger partial charge in [-0.05, 0) is 29.8 Å². The minimum atomic E-state index is -1.11. The van der Waals surface area contributed by atoms with Crippen molar-refractivity contribution in [2.75, 3.05) is 0 Å². The van der Waals surface area contributed by atoms with E-state index in [1.54, 1.807) is 24.3 Å². The van der Waals surface area contributed by atoms with Crippen molar-refractivity contribution in [3.05, 3.63) is 72.1 Å². The number of oxazole rings is 1. The third-order valence-electron chi connectivity index (χ3n) is 3.07. The summed E-state index contributed by atoms with van der Waals surface area (Å²) in [6, 6.07) is 17.0. The van der Waals surface area contributed by atoms with Crippen LogP contribution in [0, 0.1) is 0 Å². The number of hydrogen-bond acceptors (Lipinski definition) is 4. The number of carbonyl (C=O) groups is 1. The zero-order valence-corrected chi connectivity index (χ0v) is 11.6. The molecule has 1 N–H and O–H groups in total. The maximum Gasteiger partial charge on any atom is 0.357 e. The Morgan fingerprint density at radius 3 is 2.45 bits per heavy atom. The fraction of sp³-hybridized carbons (Fsp3) is 0.0588. The summed E-state index contributed by atoms with van der Waals surface area (Å²) in [5.74, 6) is -0.123. The van der Waals surface area contributed by atoms with Gasteiger partial charge in [-0.3, -0.25) is 0 Å². The van der Waals surface area contributed by atoms with Crippen LogP contribution in [0.3, 0.4) is 0 Å². The van der Waals surface area contributed by atoms with Gasteiger partial charge in [0.25, 0.3) is 0 Å². The number of benzene rings is 2. The van der Waals surface area contributed by atoms with Crippen molar-refractivity contribution in [3.63, 3.8) is 0 Å². The summed E-state index contributed by atoms with van der Waals surface area (Å²) in [7, 11) is 0. The Morgan fingerprint density at radius 1 is 1.09 bits per heavy atom. The Labute approximate surface area is 126 Å². The molecule has 0 spiro atoms. The van der Waals surface area contributed by atoms with Crippen LogP contribution in [0.1, 0.15) is 16.1 Å². The molecule has 5 heteroatoms. The van der Waals surface area contributed by atoms with Crippen molar-refractivity contribution in [1.29, 1.82) is 0 Å². The van der Waals surface area contributed by atoms with E-state index in [1.807, 2.05) is 30.3 Å². The maximum atomic E-state index is 10.8. The summed E-state index contributed by atoms with van der Waals surface area (Å²) in [6.07, 6.45) is 1.12. The van der Waals surface area contributed by atoms with Gasteiger partial charge in [0.15, 0.2) is 5.69 Å². The predicted octanol–water partition coefficient (Wildman–Crippen LogP) is 3.62. The van der Waals surface area contributed by atoms with E-state index in [-0.39, 0.29) is 11.6 Å². The molecule has 0 aliphatic rings. The molecule has 3 aromatic rings. The lowest BCUT2D eigenvalue weighted by atomic mass is 10.2. The van der Waals surface area contributed by atoms with Gasteiger partial charge in [0.2, 0.25) is 5.89 Å². The van der Waals surface area contributed by atoms with Gasteiger partial charge in [-0.15, -0.1) is 0 Å². The number of carboxylic acids is 1. The first kappa shape index (κ1) is 13.9. The van der Waals surface area contributed by atoms with Gasteiger partial charge in [-0.1, -0.05) is 30.3 Å². The molecule has 0 fully saturated rings. The lowest BCUT2D eigenvalue weighted by Crippen LogP contribution is -1.96. The predicted molar refractivity (Wildman–Crippen MR) is 79.7 cm³/mol. The van der Waals surface area contributed by atoms with E-state index in [2.05, 4.69) is 4.98 Å². The van der Waals surface area contributed by atoms with Crippen molar-refractivity contribution in [1.82, 2.24) is 4.98 Å². The van der Waals surface area contributed by atoms with Crippen molar-refractivity contribution in [2.24, 2.45) is 0 Å². The minimum Gasteiger partial charge on any atom is -0.489 e. The fourth-order valence-corrected chi connectivity index (χ4v) is 1.94. The molecule has 0 radical (unpaired) electrons. The number of hydrogen-bond donors (Lipinski definition) is 1. The Morgan fingerprint density at radius 2 is 1.82 bits per heavy atom. The molecule has 110 valence electrons. The highest BCUT2D eigenvalue weighted by Gasteiger charge is 2.11. The highest BCUT2D eigenvalue weighted by molar-refractivity contribution is 5.85. The molecule has 3 rings (SSSR count). The standard InChI is InChI=1S/C17H13NO4/c19-17(20)15-11-22-16(18-15)13-6-8-14(9-7-13)21-10-12-4-2-1-3-5-12/h1-9,11H,10H2,(H,19,20). The van der Waals surface area contributed by atoms with Gasteiger partial charge in [0.1, 0.15) is 18.6 Å². The summed E-state index contributed by atoms with van der Waals surface area (Å²) < 4.78 is 10.8. The Bertz CT molecular complexity index is 763. The number of carboxylic acid groups (broad SMARTS) is 1. The van der Waals surface area contributed by atoms with Crippen LogP contribution in [-0.4, -0.2) is 16.1 Å². The monoisotopic (exact) mass is 295 g/mol. The van der Waals surface area contributed by atoms with Crippen LogP contribution in [0.25, 0.3) is 11.5 Å². The molecule has 1 heterocycles. The van der Waals surface area contributed by atoms with Crippen molar-refractivity contribution in [2.45, 2.75) is 6.61 Å². The average molecular weight is 295 g/mol. The van der Waals surface area contributed by atoms with Crippen LogP contribution in [0.4, 0.5) is 0 Å². The van der Waals surface area contributed by atoms with E-state index >= 15 is 0 Å². The fourth-order valence-electron chi connectivity index (χ4n) is 1.94. The number of ether oxygens (including phenoxy) is 1. The zero-order valence-electron chi connectivity index (χ0n) is 11.6. The third-order valence-corrected chi connectivity index (χ3v) is 3.07. The molecule has 0 amide bonds. The molecular weight excluding hydrogens is 282 g/mol. The first-order valence-electron chi connectivity index (χ1n) is 6.68. The number of rotatable bonds is 5. The molecule has 0 saturated heterocycles. The second-order valence-electron chi connectivity index (χ2n) is 4.64. The van der Waals surface area contributed by atoms with Crippen LogP contribution >= 0.6 is 0 Å². The molecule has 22 heavy (non-hydrogen) atoms. The highest BCUT2D eigenvalue weighted by atomic mass is 16.5. The van der Waals surface area contributed by atoms with Crippen LogP contribution in [0.5, 0.6) is 5.75 Å². The second-order valence-corrected chi connectivity index (χ2v) is 4.64. The summed E-state index contributed by atoms with van der Waals surface area (Å²) >= 11 is 0. The lowest BCUT2D eigenvalue weighted by Gasteiger charge is -2.06. The van der Waals surface area contributed by atoms with E-state index < -0.39 is 5.97 Å². The minimum absolute atomic E-state index is 0.112. The Hall–Kier alpha value is -3.08. The van der Waals surface area contributed by atoms with Crippen molar-refractivity contribution < 1.29 is 19.1 Å². The highest BCUT2D eigenvalue weighted by Crippen LogP contribution is 2.22. The van der Waals surface area contributed by atoms with E-state index in [0.717, 1.165) is 17.6 Å². The van der Waals surface area contributed by atoms with Gasteiger partial charge in [-0.2, -0.15) is 0 Å². The Balaban J connectivity index is 1.68. The lowest BCUT2D eigenvalue weighted by molar-refractivity contribution is 0.0690. The van der Waals surface area contributed by atoms with E-state index in [0.29, 0.717) is 12.2 Å². The molecule has 0 bridgehead atoms. The van der Waals surface area contributed by atoms with Crippen LogP contribution in [0.2, 0.25) is 0 Å². The SMILES string of the molecule is O=C(O)c1coc(-c2ccc(OCc3ccccc3)cc2)n1. The molecule has 2 aromatic carbocycles. The van der Waals surface area contributed by atoms with Crippen LogP contribution in [0.15, 0.2) is 65.3 Å². The molecule has 0 aliphatic heterocycles. The van der Waals surface area contributed by atoms with Gasteiger partial charge >= 0.3 is 5.97 Å². The molecule has 5 nitrogen and oxygen atoms in total. The maximum absolute atomic E-state index is 10.8. The van der Waals surface area contributed by atoms with Gasteiger partial charge in [0.05, 0.1) is 0 Å². The molecule has 0 atom stereocenters. The van der Waals surface area contributed by atoms with Gasteiger partial charge < -0.3 is 14.3 Å². The Kier molecular flexibility index (Phi) is 3.87. The summed E-state index contributed by atoms with van der Waals surface area (Å²) in [4.78, 5) is 14.7. The largest absolute Gasteiger partial charge is 0.489 e. The topological polar surface area (TPSA) is 72.6 Å². The molecular formula is C17H13NO4. The number of aromatic carboxylic acids is 1. The van der Waals surface area contributed by atoms with Crippen LogP contribution < -0.4 is 4.74 Å². The van der Waals surface area contributed by atoms with Crippen molar-refractivity contribution in [3.8, 4) is 17.2 Å². The number of nitrogens with zero attached hydrogens (tertiary/aromatic N) is 1. The quantitative estimate of drug-likeness (QED) is 0.778. The van der Waals surface area contributed by atoms with E-state index in [4.69, 9.17) is 14.3 Å². The van der Waals surface area contributed by atoms with Gasteiger partial charge in [0, 0.05) is 5.56 Å². The van der Waals surface area contributed by atoms with Crippen molar-refractivity contribution >= 4 is 5.97 Å². The zero-order chi connectivity index (χ0) is 15.4. The first-order valence-corrected chi connectivity index (χ1v) is 6.68. The molecule has 0 aliphatic carbocycles. The average Bonchev–Trinajstić information content (AvgIpc) is 3.05. The summed E-state index contributed by atoms with van der Waals surface area (Å²) in [5.41, 5.74) is 1.67. The summed E-state index contributed by atoms with van der Waals surface area (Å²) in [6.45, 7) is 0.488. The van der Waals surface area contributed by atoms with E-state index in [1.165, 1.54) is 0 Å². The number of aromatic nitrogens is 1. The molecule has 0 unspecified atom stereocenters. The smallest absolute Gasteiger partial charge is 0.357 e. The normalized spacial score (nSPS) is 10.4. The van der Waals surface area contributed by atoms with Crippen LogP contribution in [-0.2, 0) is 6.61 Å². The third kappa shape index (κ3) is 3.15. The molecule has 0 saturated carbocycles. The summed E-state index contributed by atoms with van der Waals surface area (Å²) in [5, 5.41) is 8.82.